The zero-order valence-electron chi connectivity index (χ0n) is 12.7. The van der Waals surface area contributed by atoms with Gasteiger partial charge in [-0.15, -0.1) is 0 Å². The molecule has 0 radical (unpaired) electrons. The lowest BCUT2D eigenvalue weighted by Crippen LogP contribution is -2.47. The van der Waals surface area contributed by atoms with Gasteiger partial charge in [-0.1, -0.05) is 0 Å². The van der Waals surface area contributed by atoms with Crippen LogP contribution in [0.5, 0.6) is 0 Å². The molecule has 5 nitrogen and oxygen atoms in total. The largest absolute Gasteiger partial charge is 0.350 e. The van der Waals surface area contributed by atoms with Gasteiger partial charge in [-0.25, -0.2) is 0 Å². The Balaban J connectivity index is 2.31. The first-order valence-corrected chi connectivity index (χ1v) is 7.05. The van der Waals surface area contributed by atoms with Crippen LogP contribution < -0.4 is 5.32 Å². The van der Waals surface area contributed by atoms with Gasteiger partial charge in [0.05, 0.1) is 13.1 Å². The van der Waals surface area contributed by atoms with Crippen molar-refractivity contribution in [2.75, 3.05) is 33.2 Å². The predicted molar refractivity (Wildman–Crippen MR) is 75.8 cm³/mol. The van der Waals surface area contributed by atoms with Gasteiger partial charge in [-0.05, 0) is 47.1 Å². The number of likely N-dealkylation sites (tertiary alicyclic amines) is 1. The van der Waals surface area contributed by atoms with Crippen molar-refractivity contribution in [1.29, 1.82) is 0 Å². The summed E-state index contributed by atoms with van der Waals surface area (Å²) in [7, 11) is 1.81. The van der Waals surface area contributed by atoms with Crippen LogP contribution in [0, 0.1) is 0 Å². The smallest absolute Gasteiger partial charge is 0.236 e. The number of piperidine rings is 1. The molecule has 0 aliphatic carbocycles. The average molecular weight is 269 g/mol. The zero-order chi connectivity index (χ0) is 14.5. The summed E-state index contributed by atoms with van der Waals surface area (Å²) in [5.41, 5.74) is -0.227. The molecule has 0 aromatic carbocycles. The number of likely N-dealkylation sites (N-methyl/N-ethyl adjacent to an activating group) is 1. The van der Waals surface area contributed by atoms with Gasteiger partial charge in [0, 0.05) is 18.6 Å². The summed E-state index contributed by atoms with van der Waals surface area (Å²) in [6.07, 6.45) is 3.41. The van der Waals surface area contributed by atoms with Gasteiger partial charge in [0.15, 0.2) is 0 Å². The molecule has 1 rings (SSSR count). The van der Waals surface area contributed by atoms with Crippen LogP contribution in [-0.2, 0) is 9.59 Å². The Labute approximate surface area is 116 Å². The third kappa shape index (κ3) is 6.57. The second-order valence-corrected chi connectivity index (χ2v) is 6.41. The van der Waals surface area contributed by atoms with Crippen LogP contribution in [0.2, 0.25) is 0 Å². The van der Waals surface area contributed by atoms with Gasteiger partial charge in [0.25, 0.3) is 0 Å². The van der Waals surface area contributed by atoms with Crippen LogP contribution in [0.25, 0.3) is 0 Å². The second-order valence-electron chi connectivity index (χ2n) is 6.41. The molecule has 0 atom stereocenters. The molecule has 1 saturated heterocycles. The Kier molecular flexibility index (Phi) is 5.79. The van der Waals surface area contributed by atoms with E-state index >= 15 is 0 Å². The summed E-state index contributed by atoms with van der Waals surface area (Å²) in [6.45, 7) is 8.15. The van der Waals surface area contributed by atoms with E-state index in [2.05, 4.69) is 5.32 Å². The Morgan fingerprint density at radius 1 is 1.11 bits per heavy atom. The topological polar surface area (TPSA) is 52.7 Å². The standard InChI is InChI=1S/C14H27N3O2/c1-14(2,3)15-12(18)10-16(4)11-13(19)17-8-6-5-7-9-17/h5-11H2,1-4H3,(H,15,18). The number of hydrogen-bond donors (Lipinski definition) is 1. The Hall–Kier alpha value is -1.10. The van der Waals surface area contributed by atoms with Crippen molar-refractivity contribution in [2.24, 2.45) is 0 Å². The van der Waals surface area contributed by atoms with Crippen LogP contribution in [0.1, 0.15) is 40.0 Å². The fraction of sp³-hybridized carbons (Fsp3) is 0.857. The summed E-state index contributed by atoms with van der Waals surface area (Å²) in [4.78, 5) is 27.5. The zero-order valence-corrected chi connectivity index (χ0v) is 12.7. The molecule has 2 amide bonds. The van der Waals surface area contributed by atoms with Crippen molar-refractivity contribution in [3.63, 3.8) is 0 Å². The summed E-state index contributed by atoms with van der Waals surface area (Å²) in [6, 6.07) is 0. The van der Waals surface area contributed by atoms with Crippen LogP contribution in [0.15, 0.2) is 0 Å². The Morgan fingerprint density at radius 2 is 1.68 bits per heavy atom. The number of carbonyl (C=O) groups is 2. The molecule has 19 heavy (non-hydrogen) atoms. The highest BCUT2D eigenvalue weighted by atomic mass is 16.2. The van der Waals surface area contributed by atoms with Crippen LogP contribution >= 0.6 is 0 Å². The maximum Gasteiger partial charge on any atom is 0.236 e. The van der Waals surface area contributed by atoms with Crippen LogP contribution in [0.3, 0.4) is 0 Å². The van der Waals surface area contributed by atoms with Gasteiger partial charge < -0.3 is 10.2 Å². The molecule has 110 valence electrons. The van der Waals surface area contributed by atoms with E-state index in [1.165, 1.54) is 6.42 Å². The molecule has 1 aliphatic heterocycles. The first-order valence-electron chi connectivity index (χ1n) is 7.05. The highest BCUT2D eigenvalue weighted by molar-refractivity contribution is 5.81. The average Bonchev–Trinajstić information content (AvgIpc) is 2.27. The summed E-state index contributed by atoms with van der Waals surface area (Å²) in [5, 5.41) is 2.90. The molecule has 0 saturated carbocycles. The van der Waals surface area contributed by atoms with Crippen molar-refractivity contribution in [1.82, 2.24) is 15.1 Å². The van der Waals surface area contributed by atoms with Crippen molar-refractivity contribution in [3.05, 3.63) is 0 Å². The number of hydrogen-bond acceptors (Lipinski definition) is 3. The third-order valence-corrected chi connectivity index (χ3v) is 3.04. The quantitative estimate of drug-likeness (QED) is 0.823. The molecule has 1 heterocycles. The molecule has 0 aromatic heterocycles. The van der Waals surface area contributed by atoms with E-state index in [9.17, 15) is 9.59 Å². The molecular formula is C14H27N3O2. The van der Waals surface area contributed by atoms with Crippen molar-refractivity contribution in [2.45, 2.75) is 45.6 Å². The highest BCUT2D eigenvalue weighted by Crippen LogP contribution is 2.08. The molecule has 0 spiro atoms. The lowest BCUT2D eigenvalue weighted by atomic mass is 10.1. The Bertz CT molecular complexity index is 317. The maximum atomic E-state index is 12.0. The SMILES string of the molecule is CN(CC(=O)NC(C)(C)C)CC(=O)N1CCCCC1. The molecule has 5 heteroatoms. The van der Waals surface area contributed by atoms with Gasteiger partial charge in [0.1, 0.15) is 0 Å². The molecule has 1 fully saturated rings. The van der Waals surface area contributed by atoms with E-state index in [0.29, 0.717) is 6.54 Å². The van der Waals surface area contributed by atoms with E-state index < -0.39 is 0 Å². The summed E-state index contributed by atoms with van der Waals surface area (Å²) in [5.74, 6) is 0.0900. The van der Waals surface area contributed by atoms with E-state index in [-0.39, 0.29) is 23.9 Å². The van der Waals surface area contributed by atoms with Crippen molar-refractivity contribution in [3.8, 4) is 0 Å². The minimum atomic E-state index is -0.227. The summed E-state index contributed by atoms with van der Waals surface area (Å²) < 4.78 is 0. The minimum Gasteiger partial charge on any atom is -0.350 e. The molecule has 0 unspecified atom stereocenters. The lowest BCUT2D eigenvalue weighted by molar-refractivity contribution is -0.133. The van der Waals surface area contributed by atoms with Crippen LogP contribution in [0.4, 0.5) is 0 Å². The van der Waals surface area contributed by atoms with Crippen molar-refractivity contribution >= 4 is 11.8 Å². The van der Waals surface area contributed by atoms with E-state index in [4.69, 9.17) is 0 Å². The summed E-state index contributed by atoms with van der Waals surface area (Å²) >= 11 is 0. The number of nitrogens with one attached hydrogen (secondary N) is 1. The molecule has 1 N–H and O–H groups in total. The number of amides is 2. The first kappa shape index (κ1) is 16.0. The minimum absolute atomic E-state index is 0.0403. The van der Waals surface area contributed by atoms with Gasteiger partial charge >= 0.3 is 0 Å². The van der Waals surface area contributed by atoms with E-state index in [1.54, 1.807) is 4.90 Å². The van der Waals surface area contributed by atoms with Gasteiger partial charge in [-0.3, -0.25) is 14.5 Å². The normalized spacial score (nSPS) is 16.6. The van der Waals surface area contributed by atoms with E-state index in [1.807, 2.05) is 32.7 Å². The third-order valence-electron chi connectivity index (χ3n) is 3.04. The number of rotatable bonds is 4. The Morgan fingerprint density at radius 3 is 2.21 bits per heavy atom. The highest BCUT2D eigenvalue weighted by Gasteiger charge is 2.20. The first-order chi connectivity index (χ1) is 8.78. The lowest BCUT2D eigenvalue weighted by Gasteiger charge is -2.29. The predicted octanol–water partition coefficient (Wildman–Crippen LogP) is 0.845. The monoisotopic (exact) mass is 269 g/mol. The number of carbonyl (C=O) groups excluding carboxylic acids is 2. The van der Waals surface area contributed by atoms with Crippen molar-refractivity contribution < 1.29 is 9.59 Å². The molecule has 1 aliphatic rings. The van der Waals surface area contributed by atoms with Gasteiger partial charge in [-0.2, -0.15) is 0 Å². The van der Waals surface area contributed by atoms with Crippen LogP contribution in [-0.4, -0.2) is 60.4 Å². The molecular weight excluding hydrogens is 242 g/mol. The fourth-order valence-corrected chi connectivity index (χ4v) is 2.23. The second kappa shape index (κ2) is 6.89. The molecule has 0 aromatic rings. The maximum absolute atomic E-state index is 12.0. The molecule has 0 bridgehead atoms. The number of nitrogens with zero attached hydrogens (tertiary/aromatic N) is 2. The van der Waals surface area contributed by atoms with Gasteiger partial charge in [0.2, 0.25) is 11.8 Å². The van der Waals surface area contributed by atoms with E-state index in [0.717, 1.165) is 25.9 Å². The fourth-order valence-electron chi connectivity index (χ4n) is 2.23.